The summed E-state index contributed by atoms with van der Waals surface area (Å²) >= 11 is 3.35. The summed E-state index contributed by atoms with van der Waals surface area (Å²) < 4.78 is 7.31. The highest BCUT2D eigenvalue weighted by molar-refractivity contribution is 8.00. The number of ether oxygens (including phenoxy) is 1. The van der Waals surface area contributed by atoms with Crippen LogP contribution in [0.2, 0.25) is 0 Å². The second-order valence-electron chi connectivity index (χ2n) is 7.11. The molecule has 0 spiro atoms. The molecule has 0 aliphatic carbocycles. The van der Waals surface area contributed by atoms with E-state index in [-0.39, 0.29) is 18.6 Å². The lowest BCUT2D eigenvalue weighted by Gasteiger charge is -2.17. The van der Waals surface area contributed by atoms with Crippen LogP contribution in [0.5, 0.6) is 0 Å². The van der Waals surface area contributed by atoms with Crippen LogP contribution in [-0.4, -0.2) is 29.5 Å². The Kier molecular flexibility index (Phi) is 7.28. The fraction of sp³-hybridized carbons (Fsp3) is 0.318. The largest absolute Gasteiger partial charge is 0.452 e. The van der Waals surface area contributed by atoms with E-state index in [1.807, 2.05) is 51.1 Å². The van der Waals surface area contributed by atoms with Gasteiger partial charge in [-0.25, -0.2) is 9.78 Å². The second kappa shape index (κ2) is 9.89. The molecule has 1 heterocycles. The number of hydrogen-bond donors (Lipinski definition) is 1. The van der Waals surface area contributed by atoms with Crippen LogP contribution < -0.4 is 5.32 Å². The highest BCUT2D eigenvalue weighted by atomic mass is 32.2. The first-order valence-corrected chi connectivity index (χ1v) is 11.3. The number of thioether (sulfide) groups is 1. The van der Waals surface area contributed by atoms with Crippen molar-refractivity contribution in [3.8, 4) is 0 Å². The molecule has 0 bridgehead atoms. The number of nitrogens with zero attached hydrogens (tertiary/aromatic N) is 1. The topological polar surface area (TPSA) is 68.3 Å². The summed E-state index contributed by atoms with van der Waals surface area (Å²) in [5.41, 5.74) is 2.54. The molecule has 1 N–H and O–H groups in total. The molecule has 3 rings (SSSR count). The highest BCUT2D eigenvalue weighted by Gasteiger charge is 2.14. The lowest BCUT2D eigenvalue weighted by molar-refractivity contribution is -0.125. The van der Waals surface area contributed by atoms with E-state index < -0.39 is 5.97 Å². The van der Waals surface area contributed by atoms with E-state index in [0.717, 1.165) is 21.2 Å². The summed E-state index contributed by atoms with van der Waals surface area (Å²) in [5, 5.41) is 2.81. The number of amides is 1. The van der Waals surface area contributed by atoms with Gasteiger partial charge in [0.1, 0.15) is 0 Å². The number of aromatic nitrogens is 1. The van der Waals surface area contributed by atoms with Crippen molar-refractivity contribution in [3.05, 3.63) is 59.7 Å². The third kappa shape index (κ3) is 6.05. The molecule has 0 saturated heterocycles. The molecule has 0 aliphatic rings. The first-order chi connectivity index (χ1) is 13.9. The minimum Gasteiger partial charge on any atom is -0.452 e. The monoisotopic (exact) mass is 428 g/mol. The van der Waals surface area contributed by atoms with Gasteiger partial charge in [0.15, 0.2) is 10.9 Å². The van der Waals surface area contributed by atoms with Crippen LogP contribution in [0.25, 0.3) is 10.2 Å². The van der Waals surface area contributed by atoms with E-state index in [1.165, 1.54) is 4.70 Å². The van der Waals surface area contributed by atoms with Crippen LogP contribution in [0.3, 0.4) is 0 Å². The minimum atomic E-state index is -0.497. The van der Waals surface area contributed by atoms with Crippen molar-refractivity contribution in [1.82, 2.24) is 10.3 Å². The molecule has 29 heavy (non-hydrogen) atoms. The molecule has 152 valence electrons. The Morgan fingerprint density at radius 3 is 2.52 bits per heavy atom. The van der Waals surface area contributed by atoms with E-state index >= 15 is 0 Å². The van der Waals surface area contributed by atoms with Gasteiger partial charge in [0.05, 0.1) is 15.8 Å². The maximum atomic E-state index is 12.1. The number of para-hydroxylation sites is 1. The number of hydrogen-bond acceptors (Lipinski definition) is 6. The third-order valence-electron chi connectivity index (χ3n) is 4.55. The first kappa shape index (κ1) is 21.3. The molecular weight excluding hydrogens is 404 g/mol. The van der Waals surface area contributed by atoms with E-state index in [2.05, 4.69) is 16.4 Å². The number of rotatable bonds is 8. The third-order valence-corrected chi connectivity index (χ3v) is 6.80. The molecule has 5 nitrogen and oxygen atoms in total. The molecule has 0 fully saturated rings. The Morgan fingerprint density at radius 2 is 1.83 bits per heavy atom. The minimum absolute atomic E-state index is 0.0356. The first-order valence-electron chi connectivity index (χ1n) is 9.46. The van der Waals surface area contributed by atoms with Crippen molar-refractivity contribution in [1.29, 1.82) is 0 Å². The molecule has 0 unspecified atom stereocenters. The number of benzene rings is 2. The molecule has 1 aromatic heterocycles. The summed E-state index contributed by atoms with van der Waals surface area (Å²) in [6.45, 7) is 5.70. The van der Waals surface area contributed by atoms with Gasteiger partial charge in [-0.2, -0.15) is 0 Å². The molecule has 2 aromatic carbocycles. The standard InChI is InChI=1S/C22H24N2O3S2/c1-14(2)15(3)23-20(25)12-27-21(26)17-10-8-16(9-11-17)13-28-22-24-18-6-4-5-7-19(18)29-22/h4-11,14-15H,12-13H2,1-3H3,(H,23,25)/t15-/m1/s1. The van der Waals surface area contributed by atoms with Crippen molar-refractivity contribution < 1.29 is 14.3 Å². The zero-order valence-electron chi connectivity index (χ0n) is 16.7. The molecule has 3 aromatic rings. The van der Waals surface area contributed by atoms with Gasteiger partial charge in [-0.15, -0.1) is 11.3 Å². The highest BCUT2D eigenvalue weighted by Crippen LogP contribution is 2.31. The summed E-state index contributed by atoms with van der Waals surface area (Å²) in [4.78, 5) is 28.6. The van der Waals surface area contributed by atoms with Crippen molar-refractivity contribution in [2.24, 2.45) is 5.92 Å². The van der Waals surface area contributed by atoms with Gasteiger partial charge in [-0.05, 0) is 42.7 Å². The van der Waals surface area contributed by atoms with Gasteiger partial charge < -0.3 is 10.1 Å². The number of fused-ring (bicyclic) bond motifs is 1. The Labute approximate surface area is 178 Å². The fourth-order valence-electron chi connectivity index (χ4n) is 2.47. The van der Waals surface area contributed by atoms with Crippen LogP contribution in [0.1, 0.15) is 36.7 Å². The zero-order chi connectivity index (χ0) is 20.8. The summed E-state index contributed by atoms with van der Waals surface area (Å²) in [6, 6.07) is 15.4. The van der Waals surface area contributed by atoms with E-state index in [1.54, 1.807) is 35.2 Å². The molecule has 7 heteroatoms. The van der Waals surface area contributed by atoms with Crippen LogP contribution >= 0.6 is 23.1 Å². The number of carbonyl (C=O) groups is 2. The lowest BCUT2D eigenvalue weighted by Crippen LogP contribution is -2.38. The summed E-state index contributed by atoms with van der Waals surface area (Å²) in [6.07, 6.45) is 0. The van der Waals surface area contributed by atoms with Gasteiger partial charge in [0.2, 0.25) is 0 Å². The van der Waals surface area contributed by atoms with E-state index in [4.69, 9.17) is 4.74 Å². The molecule has 1 atom stereocenters. The van der Waals surface area contributed by atoms with Crippen LogP contribution in [0, 0.1) is 5.92 Å². The molecular formula is C22H24N2O3S2. The Bertz CT molecular complexity index is 950. The molecule has 0 aliphatic heterocycles. The molecule has 0 saturated carbocycles. The Morgan fingerprint density at radius 1 is 1.10 bits per heavy atom. The predicted octanol–water partition coefficient (Wildman–Crippen LogP) is 4.91. The second-order valence-corrected chi connectivity index (χ2v) is 9.36. The molecule has 0 radical (unpaired) electrons. The predicted molar refractivity (Wildman–Crippen MR) is 118 cm³/mol. The maximum absolute atomic E-state index is 12.1. The van der Waals surface area contributed by atoms with E-state index in [0.29, 0.717) is 11.5 Å². The zero-order valence-corrected chi connectivity index (χ0v) is 18.3. The van der Waals surface area contributed by atoms with Crippen LogP contribution in [0.4, 0.5) is 0 Å². The van der Waals surface area contributed by atoms with Crippen molar-refractivity contribution in [3.63, 3.8) is 0 Å². The Hall–Kier alpha value is -2.38. The van der Waals surface area contributed by atoms with Gasteiger partial charge in [0, 0.05) is 11.8 Å². The van der Waals surface area contributed by atoms with Crippen molar-refractivity contribution >= 4 is 45.2 Å². The smallest absolute Gasteiger partial charge is 0.338 e. The van der Waals surface area contributed by atoms with Gasteiger partial charge in [-0.1, -0.05) is 49.9 Å². The number of nitrogens with one attached hydrogen (secondary N) is 1. The van der Waals surface area contributed by atoms with Gasteiger partial charge in [0.25, 0.3) is 5.91 Å². The van der Waals surface area contributed by atoms with Crippen molar-refractivity contribution in [2.45, 2.75) is 36.9 Å². The quantitative estimate of drug-likeness (QED) is 0.408. The summed E-state index contributed by atoms with van der Waals surface area (Å²) in [7, 11) is 0. The normalized spacial score (nSPS) is 12.1. The fourth-order valence-corrected chi connectivity index (χ4v) is 4.50. The SMILES string of the molecule is CC(C)[C@@H](C)NC(=O)COC(=O)c1ccc(CSc2nc3ccccc3s2)cc1. The summed E-state index contributed by atoms with van der Waals surface area (Å²) in [5.74, 6) is 0.305. The average molecular weight is 429 g/mol. The Balaban J connectivity index is 1.48. The number of thiazole rings is 1. The van der Waals surface area contributed by atoms with Crippen LogP contribution in [0.15, 0.2) is 52.9 Å². The van der Waals surface area contributed by atoms with Crippen molar-refractivity contribution in [2.75, 3.05) is 6.61 Å². The average Bonchev–Trinajstić information content (AvgIpc) is 3.13. The van der Waals surface area contributed by atoms with E-state index in [9.17, 15) is 9.59 Å². The maximum Gasteiger partial charge on any atom is 0.338 e. The lowest BCUT2D eigenvalue weighted by atomic mass is 10.1. The van der Waals surface area contributed by atoms with Gasteiger partial charge in [-0.3, -0.25) is 4.79 Å². The molecule has 1 amide bonds. The van der Waals surface area contributed by atoms with Gasteiger partial charge >= 0.3 is 5.97 Å². The number of esters is 1. The van der Waals surface area contributed by atoms with Crippen LogP contribution in [-0.2, 0) is 15.3 Å². The number of carbonyl (C=O) groups excluding carboxylic acids is 2.